The molecule has 16 nitrogen and oxygen atoms in total. The first-order valence-electron chi connectivity index (χ1n) is 7.28. The maximum absolute atomic E-state index is 13.6. The smallest absolute Gasteiger partial charge is 0.384 e. The molecule has 1 aromatic rings. The summed E-state index contributed by atoms with van der Waals surface area (Å²) in [5.41, 5.74) is 2.61. The lowest BCUT2D eigenvalue weighted by molar-refractivity contribution is -0.138. The number of alkyl halides is 1. The molecular formula is C9H15FN3O13P3S. The highest BCUT2D eigenvalue weighted by atomic mass is 32.1. The Kier molecular flexibility index (Phi) is 7.41. The van der Waals surface area contributed by atoms with Gasteiger partial charge in [0.25, 0.3) is 0 Å². The maximum Gasteiger partial charge on any atom is 0.490 e. The van der Waals surface area contributed by atoms with Crippen LogP contribution < -0.4 is 5.73 Å². The predicted molar refractivity (Wildman–Crippen MR) is 93.3 cm³/mol. The summed E-state index contributed by atoms with van der Waals surface area (Å²) in [4.78, 5) is 39.3. The van der Waals surface area contributed by atoms with Crippen LogP contribution in [0.5, 0.6) is 0 Å². The molecule has 8 N–H and O–H groups in total. The topological polar surface area (TPSA) is 253 Å². The molecule has 0 spiro atoms. The number of aliphatic hydroxyl groups is 2. The molecule has 21 heteroatoms. The van der Waals surface area contributed by atoms with Crippen molar-refractivity contribution in [3.05, 3.63) is 17.0 Å². The standard InChI is InChI=1S/C9H15FN3O13P3S/c10-3-9(15)5(14)6(23-7(9)13-2-1-4(11)12-8(13)30)24-28(19,20)26-29(21,22)25-27(16,17)18/h1-2,5-7,14-15H,3H2,(H,19,20)(H,21,22)(H2,11,12,30)(H2,16,17,18)/t5-,6+,7+,9?/m0/s1. The van der Waals surface area contributed by atoms with Gasteiger partial charge in [0.2, 0.25) is 11.1 Å². The summed E-state index contributed by atoms with van der Waals surface area (Å²) in [6, 6.07) is 1.17. The molecule has 0 radical (unpaired) electrons. The first-order valence-corrected chi connectivity index (χ1v) is 12.2. The van der Waals surface area contributed by atoms with E-state index in [1.54, 1.807) is 0 Å². The Morgan fingerprint density at radius 3 is 2.37 bits per heavy atom. The number of hydrogen-bond acceptors (Lipinski definition) is 12. The minimum Gasteiger partial charge on any atom is -0.384 e. The fourth-order valence-electron chi connectivity index (χ4n) is 2.27. The van der Waals surface area contributed by atoms with Crippen LogP contribution in [0.3, 0.4) is 0 Å². The van der Waals surface area contributed by atoms with Crippen LogP contribution in [0.2, 0.25) is 0 Å². The summed E-state index contributed by atoms with van der Waals surface area (Å²) in [5, 5.41) is 20.6. The van der Waals surface area contributed by atoms with Crippen LogP contribution in [-0.4, -0.2) is 64.0 Å². The highest BCUT2D eigenvalue weighted by Crippen LogP contribution is 2.67. The third kappa shape index (κ3) is 5.97. The number of phosphoric acid groups is 3. The number of nitrogens with two attached hydrogens (primary N) is 1. The number of nitrogens with zero attached hydrogens (tertiary/aromatic N) is 2. The molecule has 172 valence electrons. The van der Waals surface area contributed by atoms with Gasteiger partial charge in [0.05, 0.1) is 0 Å². The Bertz CT molecular complexity index is 1000. The van der Waals surface area contributed by atoms with E-state index in [0.717, 1.165) is 10.8 Å². The molecule has 6 atom stereocenters. The van der Waals surface area contributed by atoms with Crippen molar-refractivity contribution in [2.24, 2.45) is 0 Å². The van der Waals surface area contributed by atoms with Crippen molar-refractivity contribution in [1.29, 1.82) is 0 Å². The molecule has 0 bridgehead atoms. The second-order valence-corrected chi connectivity index (χ2v) is 10.4. The number of hydrogen-bond donors (Lipinski definition) is 7. The molecule has 3 unspecified atom stereocenters. The van der Waals surface area contributed by atoms with Gasteiger partial charge in [-0.1, -0.05) is 0 Å². The third-order valence-corrected chi connectivity index (χ3v) is 7.54. The predicted octanol–water partition coefficient (Wildman–Crippen LogP) is -0.546. The van der Waals surface area contributed by atoms with Gasteiger partial charge in [-0.15, -0.1) is 0 Å². The van der Waals surface area contributed by atoms with E-state index in [2.05, 4.69) is 18.1 Å². The number of anilines is 1. The van der Waals surface area contributed by atoms with Crippen molar-refractivity contribution in [3.63, 3.8) is 0 Å². The van der Waals surface area contributed by atoms with Crippen molar-refractivity contribution in [3.8, 4) is 0 Å². The van der Waals surface area contributed by atoms with Crippen molar-refractivity contribution in [2.45, 2.75) is 24.2 Å². The van der Waals surface area contributed by atoms with E-state index >= 15 is 0 Å². The van der Waals surface area contributed by atoms with Gasteiger partial charge in [-0.3, -0.25) is 9.09 Å². The Hall–Kier alpha value is -0.680. The van der Waals surface area contributed by atoms with Gasteiger partial charge < -0.3 is 40.3 Å². The fourth-order valence-corrected chi connectivity index (χ4v) is 5.62. The van der Waals surface area contributed by atoms with Crippen LogP contribution in [0.4, 0.5) is 10.2 Å². The van der Waals surface area contributed by atoms with Crippen LogP contribution in [0.1, 0.15) is 6.23 Å². The maximum atomic E-state index is 13.6. The van der Waals surface area contributed by atoms with Gasteiger partial charge in [0.15, 0.2) is 11.8 Å². The van der Waals surface area contributed by atoms with Gasteiger partial charge in [-0.05, 0) is 18.3 Å². The van der Waals surface area contributed by atoms with E-state index in [0.29, 0.717) is 0 Å². The zero-order chi connectivity index (χ0) is 23.1. The van der Waals surface area contributed by atoms with Crippen molar-refractivity contribution in [1.82, 2.24) is 9.55 Å². The molecule has 0 amide bonds. The number of halogens is 1. The number of aromatic nitrogens is 2. The zero-order valence-corrected chi connectivity index (χ0v) is 17.7. The Morgan fingerprint density at radius 2 is 1.87 bits per heavy atom. The van der Waals surface area contributed by atoms with Gasteiger partial charge in [0.1, 0.15) is 18.6 Å². The lowest BCUT2D eigenvalue weighted by atomic mass is 9.98. The number of ether oxygens (including phenoxy) is 1. The lowest BCUT2D eigenvalue weighted by Gasteiger charge is -2.28. The first kappa shape index (κ1) is 25.6. The summed E-state index contributed by atoms with van der Waals surface area (Å²) in [5.74, 6) is -0.0524. The Balaban J connectivity index is 2.28. The molecule has 1 fully saturated rings. The van der Waals surface area contributed by atoms with E-state index in [9.17, 15) is 33.2 Å². The third-order valence-electron chi connectivity index (χ3n) is 3.43. The molecule has 0 aromatic carbocycles. The highest BCUT2D eigenvalue weighted by Gasteiger charge is 2.59. The Labute approximate surface area is 171 Å². The van der Waals surface area contributed by atoms with Gasteiger partial charge in [0, 0.05) is 6.20 Å². The molecule has 0 saturated carbocycles. The van der Waals surface area contributed by atoms with Crippen molar-refractivity contribution >= 4 is 41.5 Å². The second kappa shape index (κ2) is 8.69. The normalized spacial score (nSPS) is 31.2. The zero-order valence-electron chi connectivity index (χ0n) is 14.2. The van der Waals surface area contributed by atoms with Crippen LogP contribution in [-0.2, 0) is 31.6 Å². The van der Waals surface area contributed by atoms with Crippen LogP contribution in [0, 0.1) is 4.77 Å². The van der Waals surface area contributed by atoms with Gasteiger partial charge in [-0.25, -0.2) is 23.1 Å². The minimum absolute atomic E-state index is 0.0524. The van der Waals surface area contributed by atoms with Crippen LogP contribution >= 0.6 is 35.7 Å². The quantitative estimate of drug-likeness (QED) is 0.169. The minimum atomic E-state index is -5.86. The van der Waals surface area contributed by atoms with Crippen LogP contribution in [0.25, 0.3) is 0 Å². The van der Waals surface area contributed by atoms with Crippen molar-refractivity contribution < 1.29 is 65.8 Å². The SMILES string of the molecule is Nc1ccn([C@@H]2O[C@H](OP(=O)(O)OP(=O)(O)OP(=O)(O)O)[C@H](O)C2(O)CF)c(=S)n1. The van der Waals surface area contributed by atoms with E-state index in [-0.39, 0.29) is 10.6 Å². The molecule has 2 heterocycles. The van der Waals surface area contributed by atoms with Gasteiger partial charge in [-0.2, -0.15) is 8.62 Å². The average molecular weight is 517 g/mol. The molecular weight excluding hydrogens is 502 g/mol. The highest BCUT2D eigenvalue weighted by molar-refractivity contribution is 7.71. The van der Waals surface area contributed by atoms with Crippen LogP contribution in [0.15, 0.2) is 12.3 Å². The van der Waals surface area contributed by atoms with E-state index in [1.807, 2.05) is 0 Å². The molecule has 0 aliphatic carbocycles. The molecule has 1 aliphatic heterocycles. The summed E-state index contributed by atoms with van der Waals surface area (Å²) >= 11 is 4.88. The molecule has 1 saturated heterocycles. The van der Waals surface area contributed by atoms with E-state index in [1.165, 1.54) is 6.07 Å². The molecule has 30 heavy (non-hydrogen) atoms. The fraction of sp³-hybridized carbons (Fsp3) is 0.556. The average Bonchev–Trinajstić information content (AvgIpc) is 2.76. The first-order chi connectivity index (χ1) is 13.5. The van der Waals surface area contributed by atoms with E-state index in [4.69, 9.17) is 37.4 Å². The van der Waals surface area contributed by atoms with Crippen molar-refractivity contribution in [2.75, 3.05) is 12.4 Å². The summed E-state index contributed by atoms with van der Waals surface area (Å²) in [6.45, 7) is -1.69. The summed E-state index contributed by atoms with van der Waals surface area (Å²) < 4.78 is 64.2. The number of aliphatic hydroxyl groups excluding tert-OH is 1. The number of nitrogen functional groups attached to an aromatic ring is 1. The molecule has 1 aromatic heterocycles. The van der Waals surface area contributed by atoms with Gasteiger partial charge >= 0.3 is 23.5 Å². The Morgan fingerprint density at radius 1 is 1.27 bits per heavy atom. The summed E-state index contributed by atoms with van der Waals surface area (Å²) in [7, 11) is -17.3. The second-order valence-electron chi connectivity index (χ2n) is 5.67. The molecule has 1 aliphatic rings. The largest absolute Gasteiger partial charge is 0.490 e. The van der Waals surface area contributed by atoms with E-state index < -0.39 is 54.4 Å². The number of phosphoric ester groups is 1. The summed E-state index contributed by atoms with van der Waals surface area (Å²) in [6.07, 6.45) is -5.54. The molecule has 2 rings (SSSR count). The monoisotopic (exact) mass is 517 g/mol. The lowest BCUT2D eigenvalue weighted by Crippen LogP contribution is -2.48. The number of rotatable bonds is 8.